The Hall–Kier alpha value is -2.47. The molecule has 9 N–H and O–H groups in total. The van der Waals surface area contributed by atoms with Crippen molar-refractivity contribution in [3.63, 3.8) is 0 Å². The van der Waals surface area contributed by atoms with E-state index in [4.69, 9.17) is 32.8 Å². The van der Waals surface area contributed by atoms with E-state index in [9.17, 15) is 45.6 Å². The molecule has 3 fully saturated rings. The van der Waals surface area contributed by atoms with Crippen LogP contribution in [-0.2, 0) is 37.6 Å². The smallest absolute Gasteiger partial charge is 0.261 e. The molecule has 16 atom stereocenters. The van der Waals surface area contributed by atoms with Crippen LogP contribution >= 0.6 is 0 Å². The van der Waals surface area contributed by atoms with Crippen molar-refractivity contribution in [2.75, 3.05) is 19.8 Å². The maximum atomic E-state index is 12.7. The molecule has 0 radical (unpaired) electrons. The van der Waals surface area contributed by atoms with Crippen molar-refractivity contribution in [2.24, 2.45) is 0 Å². The van der Waals surface area contributed by atoms with Crippen LogP contribution in [-0.4, -0.2) is 173 Å². The third-order valence-electron chi connectivity index (χ3n) is 11.1. The van der Waals surface area contributed by atoms with Gasteiger partial charge in [-0.1, -0.05) is 88.4 Å². The summed E-state index contributed by atoms with van der Waals surface area (Å²) in [6.45, 7) is 9.24. The van der Waals surface area contributed by atoms with Gasteiger partial charge in [-0.2, -0.15) is 0 Å². The van der Waals surface area contributed by atoms with Crippen LogP contribution in [0.3, 0.4) is 0 Å². The third kappa shape index (κ3) is 9.84. The van der Waals surface area contributed by atoms with E-state index < -0.39 is 125 Å². The van der Waals surface area contributed by atoms with E-state index in [-0.39, 0.29) is 12.7 Å². The molecule has 5 rings (SSSR count). The summed E-state index contributed by atoms with van der Waals surface area (Å²) in [5, 5.41) is 90.8. The number of hydrogen-bond acceptors (Lipinski definition) is 16. The first-order valence-electron chi connectivity index (χ1n) is 19.7. The fourth-order valence-electron chi connectivity index (χ4n) is 7.84. The topological polar surface area (TPSA) is 256 Å². The second-order valence-corrected chi connectivity index (χ2v) is 20.5. The Bertz CT molecular complexity index is 1530. The van der Waals surface area contributed by atoms with Crippen molar-refractivity contribution in [3.8, 4) is 0 Å². The van der Waals surface area contributed by atoms with Crippen molar-refractivity contribution >= 4 is 24.6 Å². The Labute approximate surface area is 339 Å². The van der Waals surface area contributed by atoms with Crippen LogP contribution in [0, 0.1) is 0 Å². The van der Waals surface area contributed by atoms with Crippen LogP contribution in [0.4, 0.5) is 0 Å². The number of hydrogen-bond donors (Lipinski definition) is 9. The molecule has 3 heterocycles. The van der Waals surface area contributed by atoms with Crippen LogP contribution in [0.15, 0.2) is 60.7 Å². The minimum Gasteiger partial charge on any atom is -0.405 e. The van der Waals surface area contributed by atoms with Gasteiger partial charge in [-0.25, -0.2) is 0 Å². The number of carbonyl (C=O) groups is 1. The summed E-state index contributed by atoms with van der Waals surface area (Å²) in [7, 11) is -3.31. The van der Waals surface area contributed by atoms with Gasteiger partial charge in [0.05, 0.1) is 25.9 Å². The standard InChI is InChI=1S/C40H61NO16Si/c1-7-21(2)52-38-34(50)32(48)35(26(19-43)54-38)56-37-28(41-22(3)44)30(46)36(57-39-33(49)31(47)29(45)25(18-42)53-39)27(55-37)20-51-58(40(4,5)6,23-14-10-8-11-15-23)24-16-12-9-13-17-24/h8-17,21,25-39,42-43,45-50H,7,18-20H2,1-6H3,(H,41,44)/t21-,25+,26+,27+,28+,29+,30+,31-,32+,33+,34+,35+,36+,37+,38+,39-/m0/s1. The van der Waals surface area contributed by atoms with E-state index in [1.165, 1.54) is 6.92 Å². The number of nitrogens with one attached hydrogen (secondary N) is 1. The summed E-state index contributed by atoms with van der Waals surface area (Å²) in [6.07, 6.45) is -21.8. The van der Waals surface area contributed by atoms with E-state index in [0.29, 0.717) is 6.42 Å². The molecule has 58 heavy (non-hydrogen) atoms. The summed E-state index contributed by atoms with van der Waals surface area (Å²) in [5.41, 5.74) is 0. The van der Waals surface area contributed by atoms with Gasteiger partial charge in [0.2, 0.25) is 5.91 Å². The Kier molecular flexibility index (Phi) is 16.0. The maximum Gasteiger partial charge on any atom is 0.261 e. The Morgan fingerprint density at radius 2 is 1.21 bits per heavy atom. The van der Waals surface area contributed by atoms with Gasteiger partial charge in [-0.3, -0.25) is 4.79 Å². The fraction of sp³-hybridized carbons (Fsp3) is 0.675. The summed E-state index contributed by atoms with van der Waals surface area (Å²) in [6, 6.07) is 17.9. The molecule has 0 aliphatic carbocycles. The quantitative estimate of drug-likeness (QED) is 0.0878. The highest BCUT2D eigenvalue weighted by Gasteiger charge is 2.56. The molecule has 0 aromatic heterocycles. The molecule has 17 nitrogen and oxygen atoms in total. The van der Waals surface area contributed by atoms with Gasteiger partial charge in [-0.15, -0.1) is 0 Å². The largest absolute Gasteiger partial charge is 0.405 e. The molecule has 3 saturated heterocycles. The van der Waals surface area contributed by atoms with Gasteiger partial charge in [-0.05, 0) is 28.8 Å². The predicted molar refractivity (Wildman–Crippen MR) is 208 cm³/mol. The number of carbonyl (C=O) groups excluding carboxylic acids is 1. The molecule has 1 amide bonds. The van der Waals surface area contributed by atoms with Gasteiger partial charge in [0, 0.05) is 6.92 Å². The zero-order chi connectivity index (χ0) is 42.5. The molecule has 0 spiro atoms. The number of rotatable bonds is 15. The highest BCUT2D eigenvalue weighted by molar-refractivity contribution is 6.99. The summed E-state index contributed by atoms with van der Waals surface area (Å²) in [5.74, 6) is -0.629. The average Bonchev–Trinajstić information content (AvgIpc) is 3.20. The van der Waals surface area contributed by atoms with Gasteiger partial charge >= 0.3 is 0 Å². The van der Waals surface area contributed by atoms with Crippen LogP contribution in [0.2, 0.25) is 5.04 Å². The SMILES string of the molecule is CC[C@H](C)O[C@@H]1O[C@H](CO)[C@@H](O[C@H]2O[C@H](CO[Si](c3ccccc3)(c3ccccc3)C(C)(C)C)[C@@H](O[C@@H]3O[C@H](CO)[C@@H](O)[C@H](O)[C@H]3O)[C@H](O)[C@H]2NC(C)=O)[C@H](O)[C@H]1O. The molecule has 326 valence electrons. The normalized spacial score (nSPS) is 36.6. The molecule has 18 heteroatoms. The number of benzene rings is 2. The second-order valence-electron chi connectivity index (χ2n) is 16.2. The minimum absolute atomic E-state index is 0.306. The van der Waals surface area contributed by atoms with E-state index >= 15 is 0 Å². The minimum atomic E-state index is -3.31. The number of ether oxygens (including phenoxy) is 6. The van der Waals surface area contributed by atoms with Crippen LogP contribution in [0.5, 0.6) is 0 Å². The van der Waals surface area contributed by atoms with Crippen molar-refractivity contribution < 1.29 is 78.5 Å². The van der Waals surface area contributed by atoms with Crippen LogP contribution in [0.25, 0.3) is 0 Å². The first-order chi connectivity index (χ1) is 27.5. The van der Waals surface area contributed by atoms with E-state index in [0.717, 1.165) is 10.4 Å². The lowest BCUT2D eigenvalue weighted by Crippen LogP contribution is -2.71. The van der Waals surface area contributed by atoms with Gasteiger partial charge < -0.3 is 79.0 Å². The van der Waals surface area contributed by atoms with Gasteiger partial charge in [0.1, 0.15) is 73.2 Å². The molecule has 2 aromatic rings. The number of amides is 1. The lowest BCUT2D eigenvalue weighted by atomic mass is 9.94. The first kappa shape index (κ1) is 46.6. The predicted octanol–water partition coefficient (Wildman–Crippen LogP) is -2.02. The van der Waals surface area contributed by atoms with Crippen molar-refractivity contribution in [2.45, 2.75) is 151 Å². The first-order valence-corrected chi connectivity index (χ1v) is 21.6. The summed E-state index contributed by atoms with van der Waals surface area (Å²) < 4.78 is 43.4. The molecular weight excluding hydrogens is 779 g/mol. The van der Waals surface area contributed by atoms with E-state index in [2.05, 4.69) is 26.1 Å². The molecule has 0 unspecified atom stereocenters. The highest BCUT2D eigenvalue weighted by Crippen LogP contribution is 2.39. The van der Waals surface area contributed by atoms with Crippen molar-refractivity contribution in [3.05, 3.63) is 60.7 Å². The zero-order valence-corrected chi connectivity index (χ0v) is 34.7. The third-order valence-corrected chi connectivity index (χ3v) is 16.1. The molecule has 3 aliphatic heterocycles. The Morgan fingerprint density at radius 3 is 1.72 bits per heavy atom. The monoisotopic (exact) mass is 839 g/mol. The summed E-state index contributed by atoms with van der Waals surface area (Å²) in [4.78, 5) is 12.7. The maximum absolute atomic E-state index is 12.7. The zero-order valence-electron chi connectivity index (χ0n) is 33.7. The van der Waals surface area contributed by atoms with Crippen LogP contribution < -0.4 is 15.7 Å². The van der Waals surface area contributed by atoms with Gasteiger partial charge in [0.15, 0.2) is 18.9 Å². The molecule has 0 bridgehead atoms. The summed E-state index contributed by atoms with van der Waals surface area (Å²) >= 11 is 0. The van der Waals surface area contributed by atoms with E-state index in [1.54, 1.807) is 6.92 Å². The lowest BCUT2D eigenvalue weighted by Gasteiger charge is -2.50. The van der Waals surface area contributed by atoms with E-state index in [1.807, 2.05) is 67.6 Å². The number of aliphatic hydroxyl groups is 8. The average molecular weight is 840 g/mol. The van der Waals surface area contributed by atoms with Crippen molar-refractivity contribution in [1.82, 2.24) is 5.32 Å². The molecule has 2 aromatic carbocycles. The Balaban J connectivity index is 1.56. The molecule has 3 aliphatic rings. The molecular formula is C40H61NO16Si. The fourth-order valence-corrected chi connectivity index (χ4v) is 12.4. The highest BCUT2D eigenvalue weighted by atomic mass is 28.4. The second kappa shape index (κ2) is 19.9. The Morgan fingerprint density at radius 1 is 0.707 bits per heavy atom. The number of aliphatic hydroxyl groups excluding tert-OH is 8. The van der Waals surface area contributed by atoms with Gasteiger partial charge in [0.25, 0.3) is 8.32 Å². The molecule has 0 saturated carbocycles. The lowest BCUT2D eigenvalue weighted by molar-refractivity contribution is -0.368. The van der Waals surface area contributed by atoms with Crippen LogP contribution in [0.1, 0.15) is 48.0 Å². The van der Waals surface area contributed by atoms with Crippen molar-refractivity contribution in [1.29, 1.82) is 0 Å².